The third-order valence-corrected chi connectivity index (χ3v) is 6.02. The van der Waals surface area contributed by atoms with E-state index in [1.165, 1.54) is 12.2 Å². The summed E-state index contributed by atoms with van der Waals surface area (Å²) in [6.45, 7) is 0. The molecule has 0 saturated heterocycles. The molecule has 0 bridgehead atoms. The zero-order valence-corrected chi connectivity index (χ0v) is 20.2. The Hall–Kier alpha value is -5.36. The van der Waals surface area contributed by atoms with E-state index in [1.54, 1.807) is 48.5 Å². The molecule has 6 heteroatoms. The first-order valence-corrected chi connectivity index (χ1v) is 11.9. The van der Waals surface area contributed by atoms with Gasteiger partial charge in [-0.05, 0) is 24.3 Å². The lowest BCUT2D eigenvalue weighted by molar-refractivity contribution is 0.0985. The molecule has 2 N–H and O–H groups in total. The predicted octanol–water partition coefficient (Wildman–Crippen LogP) is 6.12. The molecule has 4 aromatic carbocycles. The van der Waals surface area contributed by atoms with Gasteiger partial charge in [0.1, 0.15) is 0 Å². The summed E-state index contributed by atoms with van der Waals surface area (Å²) in [5.41, 5.74) is 4.03. The van der Waals surface area contributed by atoms with E-state index >= 15 is 0 Å². The summed E-state index contributed by atoms with van der Waals surface area (Å²) in [6.07, 6.45) is 2.72. The molecule has 2 aliphatic carbocycles. The van der Waals surface area contributed by atoms with Gasteiger partial charge in [-0.1, -0.05) is 84.9 Å². The van der Waals surface area contributed by atoms with Gasteiger partial charge < -0.3 is 10.6 Å². The maximum Gasteiger partial charge on any atom is 0.210 e. The Morgan fingerprint density at radius 2 is 0.684 bits per heavy atom. The number of hydrogen-bond acceptors (Lipinski definition) is 6. The van der Waals surface area contributed by atoms with Crippen molar-refractivity contribution in [3.05, 3.63) is 155 Å². The third-order valence-electron chi connectivity index (χ3n) is 6.02. The fourth-order valence-electron chi connectivity index (χ4n) is 4.17. The van der Waals surface area contributed by atoms with Crippen molar-refractivity contribution in [3.8, 4) is 0 Å². The molecule has 2 aliphatic rings. The Morgan fingerprint density at radius 3 is 1.05 bits per heavy atom. The second-order valence-electron chi connectivity index (χ2n) is 8.58. The van der Waals surface area contributed by atoms with Gasteiger partial charge in [0.2, 0.25) is 11.6 Å². The summed E-state index contributed by atoms with van der Waals surface area (Å²) in [5.74, 6) is -0.597. The van der Waals surface area contributed by atoms with Crippen LogP contribution in [0.5, 0.6) is 0 Å². The summed E-state index contributed by atoms with van der Waals surface area (Å²) in [6, 6.07) is 32.4. The highest BCUT2D eigenvalue weighted by atomic mass is 16.1. The van der Waals surface area contributed by atoms with Crippen LogP contribution in [0.1, 0.15) is 41.4 Å². The van der Waals surface area contributed by atoms with E-state index in [0.29, 0.717) is 33.6 Å². The van der Waals surface area contributed by atoms with Crippen molar-refractivity contribution in [2.24, 2.45) is 0 Å². The summed E-state index contributed by atoms with van der Waals surface area (Å²) >= 11 is 0. The number of rotatable bonds is 4. The third kappa shape index (κ3) is 5.10. The van der Waals surface area contributed by atoms with Gasteiger partial charge in [0.15, 0.2) is 11.6 Å². The van der Waals surface area contributed by atoms with Crippen molar-refractivity contribution in [3.63, 3.8) is 0 Å². The Balaban J connectivity index is 0.000000155. The Bertz CT molecular complexity index is 1500. The van der Waals surface area contributed by atoms with Gasteiger partial charge in [-0.2, -0.15) is 0 Å². The highest BCUT2D eigenvalue weighted by Gasteiger charge is 2.26. The van der Waals surface area contributed by atoms with Crippen LogP contribution in [0, 0.1) is 0 Å². The Kier molecular flexibility index (Phi) is 6.87. The van der Waals surface area contributed by atoms with Crippen molar-refractivity contribution >= 4 is 34.5 Å². The largest absolute Gasteiger partial charge is 0.352 e. The summed E-state index contributed by atoms with van der Waals surface area (Å²) in [5, 5.41) is 5.99. The Morgan fingerprint density at radius 1 is 0.368 bits per heavy atom. The first-order valence-electron chi connectivity index (χ1n) is 11.9. The molecule has 0 aromatic heterocycles. The molecule has 0 atom stereocenters. The van der Waals surface area contributed by atoms with Crippen molar-refractivity contribution in [2.75, 3.05) is 10.6 Å². The maximum atomic E-state index is 12.3. The van der Waals surface area contributed by atoms with Gasteiger partial charge >= 0.3 is 0 Å². The molecule has 0 amide bonds. The van der Waals surface area contributed by atoms with Crippen LogP contribution in [-0.2, 0) is 0 Å². The van der Waals surface area contributed by atoms with Crippen LogP contribution in [0.2, 0.25) is 0 Å². The average molecular weight is 499 g/mol. The maximum absolute atomic E-state index is 12.3. The number of benzene rings is 4. The van der Waals surface area contributed by atoms with E-state index < -0.39 is 0 Å². The van der Waals surface area contributed by atoms with Crippen LogP contribution in [0.25, 0.3) is 0 Å². The van der Waals surface area contributed by atoms with Crippen LogP contribution in [0.15, 0.2) is 133 Å². The monoisotopic (exact) mass is 498 g/mol. The van der Waals surface area contributed by atoms with Gasteiger partial charge in [-0.15, -0.1) is 0 Å². The van der Waals surface area contributed by atoms with Crippen LogP contribution in [0.3, 0.4) is 0 Å². The van der Waals surface area contributed by atoms with Gasteiger partial charge in [0.05, 0.1) is 11.4 Å². The normalized spacial score (nSPS) is 13.8. The summed E-state index contributed by atoms with van der Waals surface area (Å²) in [4.78, 5) is 48.5. The lowest BCUT2D eigenvalue weighted by Crippen LogP contribution is -2.21. The smallest absolute Gasteiger partial charge is 0.210 e. The fourth-order valence-corrected chi connectivity index (χ4v) is 4.17. The molecule has 6 nitrogen and oxygen atoms in total. The number of allylic oxidation sites excluding steroid dienone is 4. The molecule has 0 fully saturated rings. The second-order valence-corrected chi connectivity index (χ2v) is 8.58. The molecule has 0 radical (unpaired) electrons. The molecule has 6 rings (SSSR count). The average Bonchev–Trinajstić information content (AvgIpc) is 2.96. The fraction of sp³-hybridized carbons (Fsp3) is 0. The van der Waals surface area contributed by atoms with E-state index in [9.17, 15) is 19.2 Å². The van der Waals surface area contributed by atoms with Gasteiger partial charge in [-0.25, -0.2) is 0 Å². The number of anilines is 2. The number of nitrogens with one attached hydrogen (secondary N) is 2. The zero-order chi connectivity index (χ0) is 26.5. The SMILES string of the molecule is O=C1C=C(Nc2ccccc2)C(=O)c2ccccc21.O=C1C=C(Nc2ccccc2)C(=O)c2ccccc21. The van der Waals surface area contributed by atoms with E-state index in [1.807, 2.05) is 60.7 Å². The van der Waals surface area contributed by atoms with Crippen LogP contribution >= 0.6 is 0 Å². The predicted molar refractivity (Wildman–Crippen MR) is 147 cm³/mol. The van der Waals surface area contributed by atoms with Gasteiger partial charge in [0, 0.05) is 45.8 Å². The number of ketones is 4. The number of para-hydroxylation sites is 2. The molecule has 0 aliphatic heterocycles. The Labute approximate surface area is 219 Å². The molecule has 184 valence electrons. The minimum absolute atomic E-state index is 0.145. The van der Waals surface area contributed by atoms with E-state index in [-0.39, 0.29) is 23.1 Å². The van der Waals surface area contributed by atoms with Gasteiger partial charge in [-0.3, -0.25) is 19.2 Å². The number of carbonyl (C=O) groups excluding carboxylic acids is 4. The molecule has 0 heterocycles. The van der Waals surface area contributed by atoms with Crippen LogP contribution in [0.4, 0.5) is 11.4 Å². The molecule has 0 saturated carbocycles. The lowest BCUT2D eigenvalue weighted by Gasteiger charge is -2.16. The lowest BCUT2D eigenvalue weighted by atomic mass is 9.92. The molecule has 38 heavy (non-hydrogen) atoms. The molecule has 0 spiro atoms. The van der Waals surface area contributed by atoms with E-state index in [0.717, 1.165) is 11.4 Å². The standard InChI is InChI=1S/2C16H11NO2/c2*18-15-10-14(17-11-6-2-1-3-7-11)16(19)13-9-5-4-8-12(13)15/h2*1-10,17H. The molecular weight excluding hydrogens is 476 g/mol. The number of carbonyl (C=O) groups is 4. The number of fused-ring (bicyclic) bond motifs is 2. The first-order chi connectivity index (χ1) is 18.5. The minimum atomic E-state index is -0.154. The topological polar surface area (TPSA) is 92.3 Å². The zero-order valence-electron chi connectivity index (χ0n) is 20.2. The van der Waals surface area contributed by atoms with Gasteiger partial charge in [0.25, 0.3) is 0 Å². The number of hydrogen-bond donors (Lipinski definition) is 2. The summed E-state index contributed by atoms with van der Waals surface area (Å²) in [7, 11) is 0. The highest BCUT2D eigenvalue weighted by Crippen LogP contribution is 2.23. The van der Waals surface area contributed by atoms with Crippen molar-refractivity contribution in [1.82, 2.24) is 0 Å². The van der Waals surface area contributed by atoms with E-state index in [4.69, 9.17) is 0 Å². The molecule has 0 unspecified atom stereocenters. The van der Waals surface area contributed by atoms with E-state index in [2.05, 4.69) is 10.6 Å². The second kappa shape index (κ2) is 10.7. The van der Waals surface area contributed by atoms with Crippen LogP contribution < -0.4 is 10.6 Å². The van der Waals surface area contributed by atoms with Crippen LogP contribution in [-0.4, -0.2) is 23.1 Å². The highest BCUT2D eigenvalue weighted by molar-refractivity contribution is 6.26. The molecular formula is C32H22N2O4. The number of Topliss-reactive ketones (excluding diaryl/α,β-unsaturated/α-hetero) is 2. The quantitative estimate of drug-likeness (QED) is 0.352. The van der Waals surface area contributed by atoms with Crippen molar-refractivity contribution < 1.29 is 19.2 Å². The van der Waals surface area contributed by atoms with Crippen molar-refractivity contribution in [1.29, 1.82) is 0 Å². The molecule has 4 aromatic rings. The summed E-state index contributed by atoms with van der Waals surface area (Å²) < 4.78 is 0. The first kappa shape index (κ1) is 24.3. The van der Waals surface area contributed by atoms with Crippen molar-refractivity contribution in [2.45, 2.75) is 0 Å². The minimum Gasteiger partial charge on any atom is -0.352 e.